The molecule has 0 N–H and O–H groups in total. The molecule has 0 spiro atoms. The normalized spacial score (nSPS) is 26.5. The summed E-state index contributed by atoms with van der Waals surface area (Å²) in [6.45, 7) is 3.96. The standard InChI is InChI=1S/C15H18N2O2/c1-11-9-13-10-16(7-8-17(13)14(11)18)15(19)12-5-3-2-4-6-12/h2-6,11,13H,7-10H2,1H3/t11?,13-/m1/s1. The molecule has 19 heavy (non-hydrogen) atoms. The maximum atomic E-state index is 12.4. The molecular weight excluding hydrogens is 240 g/mol. The maximum absolute atomic E-state index is 12.4. The second kappa shape index (κ2) is 4.68. The first kappa shape index (κ1) is 12.2. The highest BCUT2D eigenvalue weighted by atomic mass is 16.2. The number of benzene rings is 1. The van der Waals surface area contributed by atoms with Gasteiger partial charge in [0.25, 0.3) is 5.91 Å². The van der Waals surface area contributed by atoms with Crippen LogP contribution in [0.15, 0.2) is 30.3 Å². The van der Waals surface area contributed by atoms with E-state index in [4.69, 9.17) is 0 Å². The highest BCUT2D eigenvalue weighted by Crippen LogP contribution is 2.27. The smallest absolute Gasteiger partial charge is 0.253 e. The minimum Gasteiger partial charge on any atom is -0.336 e. The topological polar surface area (TPSA) is 40.6 Å². The lowest BCUT2D eigenvalue weighted by atomic mass is 10.1. The van der Waals surface area contributed by atoms with Crippen molar-refractivity contribution in [1.82, 2.24) is 9.80 Å². The summed E-state index contributed by atoms with van der Waals surface area (Å²) in [6.07, 6.45) is 0.872. The van der Waals surface area contributed by atoms with Gasteiger partial charge in [0.2, 0.25) is 5.91 Å². The Balaban J connectivity index is 1.72. The van der Waals surface area contributed by atoms with Crippen LogP contribution in [0.25, 0.3) is 0 Å². The van der Waals surface area contributed by atoms with E-state index in [-0.39, 0.29) is 23.8 Å². The molecular formula is C15H18N2O2. The molecule has 2 fully saturated rings. The quantitative estimate of drug-likeness (QED) is 0.763. The summed E-state index contributed by atoms with van der Waals surface area (Å²) < 4.78 is 0. The van der Waals surface area contributed by atoms with Crippen molar-refractivity contribution in [1.29, 1.82) is 0 Å². The predicted molar refractivity (Wildman–Crippen MR) is 71.6 cm³/mol. The Morgan fingerprint density at radius 2 is 1.95 bits per heavy atom. The molecule has 1 unspecified atom stereocenters. The number of amides is 2. The zero-order valence-corrected chi connectivity index (χ0v) is 11.1. The first-order chi connectivity index (χ1) is 9.16. The van der Waals surface area contributed by atoms with Crippen LogP contribution >= 0.6 is 0 Å². The van der Waals surface area contributed by atoms with Crippen molar-refractivity contribution in [3.8, 4) is 0 Å². The van der Waals surface area contributed by atoms with Gasteiger partial charge in [-0.3, -0.25) is 9.59 Å². The molecule has 0 radical (unpaired) electrons. The summed E-state index contributed by atoms with van der Waals surface area (Å²) in [4.78, 5) is 28.1. The van der Waals surface area contributed by atoms with E-state index in [9.17, 15) is 9.59 Å². The molecule has 0 bridgehead atoms. The second-order valence-electron chi connectivity index (χ2n) is 5.44. The van der Waals surface area contributed by atoms with Crippen LogP contribution in [0.3, 0.4) is 0 Å². The summed E-state index contributed by atoms with van der Waals surface area (Å²) >= 11 is 0. The van der Waals surface area contributed by atoms with Gasteiger partial charge in [-0.2, -0.15) is 0 Å². The van der Waals surface area contributed by atoms with Crippen molar-refractivity contribution in [3.05, 3.63) is 35.9 Å². The first-order valence-corrected chi connectivity index (χ1v) is 6.81. The number of piperazine rings is 1. The van der Waals surface area contributed by atoms with E-state index in [0.717, 1.165) is 12.0 Å². The van der Waals surface area contributed by atoms with E-state index in [0.29, 0.717) is 19.6 Å². The molecule has 0 aliphatic carbocycles. The van der Waals surface area contributed by atoms with Gasteiger partial charge < -0.3 is 9.80 Å². The fraction of sp³-hybridized carbons (Fsp3) is 0.467. The minimum atomic E-state index is 0.0762. The number of fused-ring (bicyclic) bond motifs is 1. The number of hydrogen-bond acceptors (Lipinski definition) is 2. The third-order valence-electron chi connectivity index (χ3n) is 4.12. The van der Waals surface area contributed by atoms with Gasteiger partial charge in [-0.05, 0) is 18.6 Å². The molecule has 2 amide bonds. The Morgan fingerprint density at radius 3 is 2.68 bits per heavy atom. The van der Waals surface area contributed by atoms with Crippen molar-refractivity contribution in [2.75, 3.05) is 19.6 Å². The molecule has 1 aromatic carbocycles. The summed E-state index contributed by atoms with van der Waals surface area (Å²) in [5, 5.41) is 0. The predicted octanol–water partition coefficient (Wildman–Crippen LogP) is 1.38. The van der Waals surface area contributed by atoms with Crippen LogP contribution in [-0.4, -0.2) is 47.3 Å². The largest absolute Gasteiger partial charge is 0.336 e. The monoisotopic (exact) mass is 258 g/mol. The molecule has 3 rings (SSSR count). The van der Waals surface area contributed by atoms with Crippen LogP contribution in [-0.2, 0) is 4.79 Å². The van der Waals surface area contributed by atoms with E-state index in [1.165, 1.54) is 0 Å². The molecule has 2 aliphatic rings. The zero-order chi connectivity index (χ0) is 13.4. The molecule has 100 valence electrons. The maximum Gasteiger partial charge on any atom is 0.253 e. The SMILES string of the molecule is CC1C[C@@H]2CN(C(=O)c3ccccc3)CCN2C1=O. The Kier molecular flexibility index (Phi) is 3.01. The number of rotatable bonds is 1. The molecule has 2 atom stereocenters. The number of carbonyl (C=O) groups is 2. The lowest BCUT2D eigenvalue weighted by molar-refractivity contribution is -0.132. The Morgan fingerprint density at radius 1 is 1.21 bits per heavy atom. The third-order valence-corrected chi connectivity index (χ3v) is 4.12. The van der Waals surface area contributed by atoms with Crippen molar-refractivity contribution in [2.24, 2.45) is 5.92 Å². The molecule has 2 aliphatic heterocycles. The molecule has 1 aromatic rings. The molecule has 2 saturated heterocycles. The van der Waals surface area contributed by atoms with Crippen LogP contribution in [0, 0.1) is 5.92 Å². The molecule has 2 heterocycles. The lowest BCUT2D eigenvalue weighted by Crippen LogP contribution is -2.53. The Bertz CT molecular complexity index is 500. The van der Waals surface area contributed by atoms with E-state index in [1.54, 1.807) is 0 Å². The first-order valence-electron chi connectivity index (χ1n) is 6.81. The van der Waals surface area contributed by atoms with Gasteiger partial charge in [-0.15, -0.1) is 0 Å². The third kappa shape index (κ3) is 2.11. The molecule has 0 aromatic heterocycles. The van der Waals surface area contributed by atoms with E-state index in [1.807, 2.05) is 47.1 Å². The minimum absolute atomic E-state index is 0.0762. The number of hydrogen-bond donors (Lipinski definition) is 0. The summed E-state index contributed by atoms with van der Waals surface area (Å²) in [5.41, 5.74) is 0.730. The number of carbonyl (C=O) groups excluding carboxylic acids is 2. The van der Waals surface area contributed by atoms with Crippen molar-refractivity contribution < 1.29 is 9.59 Å². The fourth-order valence-corrected chi connectivity index (χ4v) is 3.09. The highest BCUT2D eigenvalue weighted by Gasteiger charge is 2.41. The van der Waals surface area contributed by atoms with Gasteiger partial charge in [-0.1, -0.05) is 25.1 Å². The fourth-order valence-electron chi connectivity index (χ4n) is 3.09. The van der Waals surface area contributed by atoms with Crippen LogP contribution in [0.5, 0.6) is 0 Å². The van der Waals surface area contributed by atoms with Gasteiger partial charge in [0.1, 0.15) is 0 Å². The van der Waals surface area contributed by atoms with E-state index >= 15 is 0 Å². The van der Waals surface area contributed by atoms with Gasteiger partial charge in [0.05, 0.1) is 6.04 Å². The van der Waals surface area contributed by atoms with Gasteiger partial charge in [-0.25, -0.2) is 0 Å². The Hall–Kier alpha value is -1.84. The van der Waals surface area contributed by atoms with Crippen LogP contribution in [0.2, 0.25) is 0 Å². The van der Waals surface area contributed by atoms with Crippen LogP contribution in [0.1, 0.15) is 23.7 Å². The van der Waals surface area contributed by atoms with E-state index in [2.05, 4.69) is 0 Å². The van der Waals surface area contributed by atoms with Crippen LogP contribution < -0.4 is 0 Å². The summed E-state index contributed by atoms with van der Waals surface area (Å²) in [6, 6.07) is 9.57. The second-order valence-corrected chi connectivity index (χ2v) is 5.44. The zero-order valence-electron chi connectivity index (χ0n) is 11.1. The van der Waals surface area contributed by atoms with Gasteiger partial charge in [0, 0.05) is 31.1 Å². The molecule has 4 heteroatoms. The van der Waals surface area contributed by atoms with E-state index < -0.39 is 0 Å². The Labute approximate surface area is 113 Å². The summed E-state index contributed by atoms with van der Waals surface area (Å²) in [7, 11) is 0. The van der Waals surface area contributed by atoms with Crippen molar-refractivity contribution in [3.63, 3.8) is 0 Å². The van der Waals surface area contributed by atoms with Crippen molar-refractivity contribution >= 4 is 11.8 Å². The van der Waals surface area contributed by atoms with Gasteiger partial charge in [0.15, 0.2) is 0 Å². The molecule has 4 nitrogen and oxygen atoms in total. The van der Waals surface area contributed by atoms with Crippen molar-refractivity contribution in [2.45, 2.75) is 19.4 Å². The average Bonchev–Trinajstić information content (AvgIpc) is 2.74. The summed E-state index contributed by atoms with van der Waals surface area (Å²) in [5.74, 6) is 0.431. The average molecular weight is 258 g/mol. The number of nitrogens with zero attached hydrogens (tertiary/aromatic N) is 2. The highest BCUT2D eigenvalue weighted by molar-refractivity contribution is 5.94. The lowest BCUT2D eigenvalue weighted by Gasteiger charge is -2.37. The van der Waals surface area contributed by atoms with Crippen LogP contribution in [0.4, 0.5) is 0 Å². The molecule has 0 saturated carbocycles. The van der Waals surface area contributed by atoms with Gasteiger partial charge >= 0.3 is 0 Å².